The van der Waals surface area contributed by atoms with E-state index in [1.807, 2.05) is 34.7 Å². The third-order valence-corrected chi connectivity index (χ3v) is 9.06. The molecule has 0 spiro atoms. The molecule has 0 radical (unpaired) electrons. The van der Waals surface area contributed by atoms with E-state index in [0.29, 0.717) is 60.2 Å². The van der Waals surface area contributed by atoms with Crippen LogP contribution in [-0.2, 0) is 16.6 Å². The fourth-order valence-electron chi connectivity index (χ4n) is 4.93. The minimum absolute atomic E-state index is 0.0939. The molecule has 204 valence electrons. The molecular weight excluding hydrogens is 508 g/mol. The second-order valence-electron chi connectivity index (χ2n) is 9.93. The van der Waals surface area contributed by atoms with Crippen molar-refractivity contribution < 1.29 is 13.2 Å². The van der Waals surface area contributed by atoms with Crippen molar-refractivity contribution in [3.8, 4) is 17.1 Å². The Hall–Kier alpha value is -3.29. The van der Waals surface area contributed by atoms with Crippen molar-refractivity contribution in [2.24, 2.45) is 0 Å². The molecule has 1 aromatic carbocycles. The summed E-state index contributed by atoms with van der Waals surface area (Å²) in [6.07, 6.45) is 2.89. The van der Waals surface area contributed by atoms with Crippen LogP contribution >= 0.6 is 0 Å². The number of imidazole rings is 1. The maximum absolute atomic E-state index is 13.8. The summed E-state index contributed by atoms with van der Waals surface area (Å²) in [7, 11) is -1.75. The molecule has 1 aliphatic heterocycles. The number of aryl methyl sites for hydroxylation is 1. The molecule has 0 saturated carbocycles. The van der Waals surface area contributed by atoms with Crippen LogP contribution in [0.4, 0.5) is 0 Å². The van der Waals surface area contributed by atoms with Gasteiger partial charge in [0.1, 0.15) is 23.4 Å². The molecule has 5 rings (SSSR count). The molecule has 13 heteroatoms. The van der Waals surface area contributed by atoms with Crippen LogP contribution < -0.4 is 10.4 Å². The van der Waals surface area contributed by atoms with Gasteiger partial charge in [0.25, 0.3) is 0 Å². The molecule has 0 unspecified atom stereocenters. The third-order valence-electron chi connectivity index (χ3n) is 7.23. The van der Waals surface area contributed by atoms with Gasteiger partial charge in [-0.2, -0.15) is 4.31 Å². The van der Waals surface area contributed by atoms with Crippen molar-refractivity contribution in [1.82, 2.24) is 38.3 Å². The van der Waals surface area contributed by atoms with Gasteiger partial charge in [-0.3, -0.25) is 9.47 Å². The fraction of sp³-hybridized carbons (Fsp3) is 0.520. The monoisotopic (exact) mass is 542 g/mol. The molecule has 0 aliphatic carbocycles. The number of hydrogen-bond acceptors (Lipinski definition) is 8. The number of H-pyrrole nitrogens is 1. The van der Waals surface area contributed by atoms with Crippen LogP contribution in [0.25, 0.3) is 28.2 Å². The first kappa shape index (κ1) is 26.3. The zero-order chi connectivity index (χ0) is 27.2. The minimum Gasteiger partial charge on any atom is -0.493 e. The molecule has 38 heavy (non-hydrogen) atoms. The lowest BCUT2D eigenvalue weighted by Gasteiger charge is -2.41. The van der Waals surface area contributed by atoms with E-state index in [2.05, 4.69) is 20.1 Å². The Labute approximate surface area is 221 Å². The maximum atomic E-state index is 13.8. The summed E-state index contributed by atoms with van der Waals surface area (Å²) in [4.78, 5) is 23.5. The van der Waals surface area contributed by atoms with Crippen LogP contribution in [0.5, 0.6) is 5.75 Å². The standard InChI is InChI=1S/C25H34N8O4S/c1-6-10-32-23-21(24-29-26-15-33(24)25(32)34)27-22(28-23)19-12-18(8-9-20(19)37-11-7-2)38(35,36)31-13-16(3)30(5)17(4)14-31/h8-9,12,15-17H,6-7,10-11,13-14H2,1-5H3,(H,27,28)/t16-,17+. The van der Waals surface area contributed by atoms with Gasteiger partial charge in [-0.1, -0.05) is 13.8 Å². The number of hydrogen-bond donors (Lipinski definition) is 1. The van der Waals surface area contributed by atoms with Crippen molar-refractivity contribution in [3.05, 3.63) is 35.0 Å². The average molecular weight is 543 g/mol. The molecule has 4 aromatic rings. The molecular formula is C25H34N8O4S. The van der Waals surface area contributed by atoms with Gasteiger partial charge in [-0.25, -0.2) is 22.6 Å². The van der Waals surface area contributed by atoms with Crippen LogP contribution in [0.2, 0.25) is 0 Å². The molecule has 0 bridgehead atoms. The van der Waals surface area contributed by atoms with Crippen LogP contribution in [0, 0.1) is 0 Å². The Morgan fingerprint density at radius 1 is 1.11 bits per heavy atom. The lowest BCUT2D eigenvalue weighted by molar-refractivity contribution is 0.105. The Balaban J connectivity index is 1.66. The van der Waals surface area contributed by atoms with Crippen LogP contribution in [0.3, 0.4) is 0 Å². The molecule has 12 nitrogen and oxygen atoms in total. The van der Waals surface area contributed by atoms with E-state index in [1.54, 1.807) is 27.1 Å². The number of sulfonamides is 1. The molecule has 0 amide bonds. The van der Waals surface area contributed by atoms with E-state index < -0.39 is 10.0 Å². The summed E-state index contributed by atoms with van der Waals surface area (Å²) in [5.41, 5.74) is 1.55. The van der Waals surface area contributed by atoms with E-state index in [0.717, 1.165) is 12.8 Å². The molecule has 4 heterocycles. The van der Waals surface area contributed by atoms with Gasteiger partial charge < -0.3 is 9.72 Å². The third kappa shape index (κ3) is 4.37. The summed E-state index contributed by atoms with van der Waals surface area (Å²) in [5, 5.41) is 8.02. The number of piperazine rings is 1. The highest BCUT2D eigenvalue weighted by atomic mass is 32.2. The van der Waals surface area contributed by atoms with Gasteiger partial charge in [0.05, 0.1) is 17.1 Å². The quantitative estimate of drug-likeness (QED) is 0.359. The second-order valence-corrected chi connectivity index (χ2v) is 11.9. The van der Waals surface area contributed by atoms with Gasteiger partial charge in [0, 0.05) is 31.7 Å². The second kappa shape index (κ2) is 10.1. The lowest BCUT2D eigenvalue weighted by Crippen LogP contribution is -2.56. The Morgan fingerprint density at radius 3 is 2.53 bits per heavy atom. The van der Waals surface area contributed by atoms with Gasteiger partial charge >= 0.3 is 5.69 Å². The predicted octanol–water partition coefficient (Wildman–Crippen LogP) is 2.35. The number of rotatable bonds is 8. The number of nitrogens with zero attached hydrogens (tertiary/aromatic N) is 7. The Morgan fingerprint density at radius 2 is 1.84 bits per heavy atom. The number of nitrogens with one attached hydrogen (secondary N) is 1. The number of benzene rings is 1. The van der Waals surface area contributed by atoms with Crippen LogP contribution in [-0.4, -0.2) is 85.6 Å². The highest BCUT2D eigenvalue weighted by molar-refractivity contribution is 7.89. The van der Waals surface area contributed by atoms with E-state index in [1.165, 1.54) is 10.7 Å². The normalized spacial score (nSPS) is 19.5. The minimum atomic E-state index is -3.77. The van der Waals surface area contributed by atoms with Gasteiger partial charge in [-0.15, -0.1) is 10.2 Å². The first-order valence-electron chi connectivity index (χ1n) is 13.0. The molecule has 1 fully saturated rings. The SMILES string of the molecule is CCCOc1ccc(S(=O)(=O)N2C[C@@H](C)N(C)[C@@H](C)C2)cc1-c1nc2c([nH]1)c1nncn1c(=O)n2CCC. The highest BCUT2D eigenvalue weighted by Gasteiger charge is 2.35. The summed E-state index contributed by atoms with van der Waals surface area (Å²) >= 11 is 0. The van der Waals surface area contributed by atoms with E-state index >= 15 is 0 Å². The summed E-state index contributed by atoms with van der Waals surface area (Å²) in [6, 6.07) is 5.06. The van der Waals surface area contributed by atoms with Crippen molar-refractivity contribution in [1.29, 1.82) is 0 Å². The Kier molecular flexibility index (Phi) is 7.01. The lowest BCUT2D eigenvalue weighted by atomic mass is 10.1. The predicted molar refractivity (Wildman–Crippen MR) is 144 cm³/mol. The molecule has 1 saturated heterocycles. The van der Waals surface area contributed by atoms with E-state index in [4.69, 9.17) is 9.72 Å². The highest BCUT2D eigenvalue weighted by Crippen LogP contribution is 2.34. The molecule has 3 aromatic heterocycles. The molecule has 1 aliphatic rings. The topological polar surface area (TPSA) is 131 Å². The zero-order valence-corrected chi connectivity index (χ0v) is 23.2. The largest absolute Gasteiger partial charge is 0.493 e. The summed E-state index contributed by atoms with van der Waals surface area (Å²) in [5.74, 6) is 0.899. The Bertz CT molecular complexity index is 1630. The smallest absolute Gasteiger partial charge is 0.336 e. The van der Waals surface area contributed by atoms with Crippen molar-refractivity contribution in [3.63, 3.8) is 0 Å². The van der Waals surface area contributed by atoms with E-state index in [9.17, 15) is 13.2 Å². The summed E-state index contributed by atoms with van der Waals surface area (Å²) < 4.78 is 38.0. The summed E-state index contributed by atoms with van der Waals surface area (Å²) in [6.45, 7) is 9.77. The van der Waals surface area contributed by atoms with Crippen LogP contribution in [0.1, 0.15) is 40.5 Å². The van der Waals surface area contributed by atoms with Crippen molar-refractivity contribution >= 4 is 26.8 Å². The van der Waals surface area contributed by atoms with Crippen molar-refractivity contribution in [2.75, 3.05) is 26.7 Å². The molecule has 1 N–H and O–H groups in total. The number of aromatic nitrogens is 6. The van der Waals surface area contributed by atoms with Crippen molar-refractivity contribution in [2.45, 2.75) is 64.1 Å². The zero-order valence-electron chi connectivity index (χ0n) is 22.4. The van der Waals surface area contributed by atoms with Gasteiger partial charge in [0.15, 0.2) is 11.3 Å². The number of likely N-dealkylation sites (N-methyl/N-ethyl adjacent to an activating group) is 1. The molecule has 2 atom stereocenters. The first-order valence-corrected chi connectivity index (χ1v) is 14.4. The fourth-order valence-corrected chi connectivity index (χ4v) is 6.56. The number of ether oxygens (including phenoxy) is 1. The van der Waals surface area contributed by atoms with Gasteiger partial charge in [-0.05, 0) is 51.9 Å². The van der Waals surface area contributed by atoms with E-state index in [-0.39, 0.29) is 22.7 Å². The number of fused-ring (bicyclic) bond motifs is 3. The van der Waals surface area contributed by atoms with Gasteiger partial charge in [0.2, 0.25) is 10.0 Å². The average Bonchev–Trinajstić information content (AvgIpc) is 3.56. The maximum Gasteiger partial charge on any atom is 0.336 e. The first-order chi connectivity index (χ1) is 18.2. The van der Waals surface area contributed by atoms with Crippen LogP contribution in [0.15, 0.2) is 34.2 Å². The number of aromatic amines is 1.